The van der Waals surface area contributed by atoms with Crippen LogP contribution in [0.25, 0.3) is 0 Å². The summed E-state index contributed by atoms with van der Waals surface area (Å²) in [5, 5.41) is -1.38. The second-order valence-corrected chi connectivity index (χ2v) is 8.23. The Morgan fingerprint density at radius 1 is 1.11 bits per heavy atom. The summed E-state index contributed by atoms with van der Waals surface area (Å²) < 4.78 is 60.3. The molecule has 0 fully saturated rings. The standard InChI is InChI=1S/C6H10Br2O6S2.2Na.2H/c1-2-5(16(12,13)14)6(8)4(7)3-15(9,10)11;;;;/h2,4-6H,1,3H2,(H,9,10,11)(H,12,13,14);;;;. The summed E-state index contributed by atoms with van der Waals surface area (Å²) >= 11 is 5.83. The van der Waals surface area contributed by atoms with E-state index in [1.807, 2.05) is 0 Å². The van der Waals surface area contributed by atoms with Crippen molar-refractivity contribution < 1.29 is 25.9 Å². The van der Waals surface area contributed by atoms with Crippen molar-refractivity contribution in [1.29, 1.82) is 0 Å². The molecule has 0 saturated carbocycles. The molecule has 0 bridgehead atoms. The Labute approximate surface area is 168 Å². The minimum atomic E-state index is -4.39. The van der Waals surface area contributed by atoms with E-state index in [0.717, 1.165) is 6.08 Å². The van der Waals surface area contributed by atoms with Gasteiger partial charge in [-0.05, 0) is 0 Å². The van der Waals surface area contributed by atoms with E-state index in [2.05, 4.69) is 38.4 Å². The van der Waals surface area contributed by atoms with Gasteiger partial charge < -0.3 is 0 Å². The van der Waals surface area contributed by atoms with E-state index in [0.29, 0.717) is 0 Å². The third-order valence-electron chi connectivity index (χ3n) is 1.61. The number of hydrogen-bond acceptors (Lipinski definition) is 4. The summed E-state index contributed by atoms with van der Waals surface area (Å²) in [5.41, 5.74) is 0. The van der Waals surface area contributed by atoms with Gasteiger partial charge in [-0.15, -0.1) is 6.58 Å². The molecule has 0 aromatic rings. The van der Waals surface area contributed by atoms with E-state index in [4.69, 9.17) is 9.11 Å². The van der Waals surface area contributed by atoms with Crippen molar-refractivity contribution >= 4 is 111 Å². The third kappa shape index (κ3) is 10.3. The van der Waals surface area contributed by atoms with Gasteiger partial charge >= 0.3 is 59.1 Å². The zero-order valence-electron chi connectivity index (χ0n) is 7.82. The predicted octanol–water partition coefficient (Wildman–Crippen LogP) is -0.453. The van der Waals surface area contributed by atoms with Crippen molar-refractivity contribution in [2.24, 2.45) is 0 Å². The van der Waals surface area contributed by atoms with Gasteiger partial charge in [-0.25, -0.2) is 0 Å². The van der Waals surface area contributed by atoms with E-state index < -0.39 is 40.9 Å². The van der Waals surface area contributed by atoms with Crippen molar-refractivity contribution in [3.05, 3.63) is 12.7 Å². The van der Waals surface area contributed by atoms with Crippen LogP contribution in [0.15, 0.2) is 12.7 Å². The molecular weight excluding hydrogens is 438 g/mol. The van der Waals surface area contributed by atoms with Crippen LogP contribution in [0.5, 0.6) is 0 Å². The zero-order chi connectivity index (χ0) is 13.1. The van der Waals surface area contributed by atoms with Crippen molar-refractivity contribution in [3.8, 4) is 0 Å². The van der Waals surface area contributed by atoms with Gasteiger partial charge in [0.05, 0.1) is 10.6 Å². The molecule has 0 saturated heterocycles. The van der Waals surface area contributed by atoms with E-state index in [-0.39, 0.29) is 59.1 Å². The second-order valence-electron chi connectivity index (χ2n) is 2.92. The van der Waals surface area contributed by atoms with Gasteiger partial charge in [-0.3, -0.25) is 9.11 Å². The van der Waals surface area contributed by atoms with Crippen molar-refractivity contribution in [2.75, 3.05) is 5.75 Å². The number of rotatable bonds is 6. The normalized spacial score (nSPS) is 16.7. The van der Waals surface area contributed by atoms with Gasteiger partial charge in [-0.2, -0.15) is 16.8 Å². The van der Waals surface area contributed by atoms with Crippen LogP contribution in [0.2, 0.25) is 0 Å². The molecule has 3 atom stereocenters. The summed E-state index contributed by atoms with van der Waals surface area (Å²) in [6.45, 7) is 3.23. The molecule has 0 aromatic carbocycles. The maximum absolute atomic E-state index is 10.9. The summed E-state index contributed by atoms with van der Waals surface area (Å²) in [6.07, 6.45) is 0.965. The Morgan fingerprint density at radius 2 is 1.50 bits per heavy atom. The molecule has 100 valence electrons. The molecule has 0 aromatic heterocycles. The molecule has 0 aliphatic heterocycles. The molecule has 0 heterocycles. The first-order valence-corrected chi connectivity index (χ1v) is 8.75. The topological polar surface area (TPSA) is 109 Å². The fourth-order valence-corrected chi connectivity index (χ4v) is 5.29. The number of halogens is 2. The minimum absolute atomic E-state index is 0. The van der Waals surface area contributed by atoms with Crippen LogP contribution in [-0.4, -0.2) is 106 Å². The quantitative estimate of drug-likeness (QED) is 0.246. The molecule has 2 N–H and O–H groups in total. The Morgan fingerprint density at radius 3 is 1.72 bits per heavy atom. The molecule has 0 rings (SSSR count). The summed E-state index contributed by atoms with van der Waals surface area (Å²) in [5.74, 6) is -0.692. The fourth-order valence-electron chi connectivity index (χ4n) is 0.915. The SMILES string of the molecule is C=CC(C(Br)C(Br)CS(=O)(=O)O)S(=O)(=O)O.[NaH].[NaH]. The molecule has 3 unspecified atom stereocenters. The average molecular weight is 450 g/mol. The Hall–Kier alpha value is 2.52. The van der Waals surface area contributed by atoms with Gasteiger partial charge in [0, 0.05) is 4.83 Å². The van der Waals surface area contributed by atoms with Crippen LogP contribution in [0.1, 0.15) is 0 Å². The van der Waals surface area contributed by atoms with E-state index >= 15 is 0 Å². The van der Waals surface area contributed by atoms with Crippen LogP contribution >= 0.6 is 31.9 Å². The van der Waals surface area contributed by atoms with Crippen molar-refractivity contribution in [1.82, 2.24) is 0 Å². The molecule has 12 heteroatoms. The molecule has 0 aliphatic rings. The first kappa shape index (κ1) is 25.5. The van der Waals surface area contributed by atoms with Gasteiger partial charge in [-0.1, -0.05) is 37.9 Å². The molecule has 0 radical (unpaired) electrons. The first-order chi connectivity index (χ1) is 6.99. The monoisotopic (exact) mass is 448 g/mol. The third-order valence-corrected chi connectivity index (χ3v) is 7.15. The van der Waals surface area contributed by atoms with Gasteiger partial charge in [0.25, 0.3) is 20.2 Å². The maximum atomic E-state index is 10.9. The van der Waals surface area contributed by atoms with Gasteiger partial charge in [0.2, 0.25) is 0 Å². The average Bonchev–Trinajstić information content (AvgIpc) is 1.99. The number of alkyl halides is 2. The van der Waals surface area contributed by atoms with Crippen molar-refractivity contribution in [2.45, 2.75) is 14.9 Å². The molecule has 0 aliphatic carbocycles. The summed E-state index contributed by atoms with van der Waals surface area (Å²) in [4.78, 5) is -1.84. The Balaban J connectivity index is -0.00000112. The zero-order valence-corrected chi connectivity index (χ0v) is 12.6. The molecular formula is C6H12Br2Na2O6S2. The van der Waals surface area contributed by atoms with E-state index in [1.165, 1.54) is 0 Å². The van der Waals surface area contributed by atoms with Crippen LogP contribution in [0.3, 0.4) is 0 Å². The second kappa shape index (κ2) is 10.3. The first-order valence-electron chi connectivity index (χ1n) is 3.81. The van der Waals surface area contributed by atoms with Crippen LogP contribution in [-0.2, 0) is 20.2 Å². The predicted molar refractivity (Wildman–Crippen MR) is 81.7 cm³/mol. The van der Waals surface area contributed by atoms with E-state index in [1.54, 1.807) is 0 Å². The number of hydrogen-bond donors (Lipinski definition) is 2. The summed E-state index contributed by atoms with van der Waals surface area (Å²) in [7, 11) is -8.63. The molecule has 6 nitrogen and oxygen atoms in total. The van der Waals surface area contributed by atoms with Crippen molar-refractivity contribution in [3.63, 3.8) is 0 Å². The fraction of sp³-hybridized carbons (Fsp3) is 0.667. The van der Waals surface area contributed by atoms with Crippen LogP contribution in [0.4, 0.5) is 0 Å². The van der Waals surface area contributed by atoms with Gasteiger partial charge in [0.1, 0.15) is 5.25 Å². The van der Waals surface area contributed by atoms with E-state index in [9.17, 15) is 16.8 Å². The Bertz CT molecular complexity index is 451. The molecule has 0 amide bonds. The Kier molecular flexibility index (Phi) is 14.5. The summed E-state index contributed by atoms with van der Waals surface area (Å²) in [6, 6.07) is 0. The van der Waals surface area contributed by atoms with Gasteiger partial charge in [0.15, 0.2) is 0 Å². The van der Waals surface area contributed by atoms with Crippen LogP contribution in [0, 0.1) is 0 Å². The molecule has 0 spiro atoms. The van der Waals surface area contributed by atoms with Crippen LogP contribution < -0.4 is 0 Å². The molecule has 18 heavy (non-hydrogen) atoms.